The lowest BCUT2D eigenvalue weighted by molar-refractivity contribution is -0.143. The number of hydrogen-bond acceptors (Lipinski definition) is 4. The molecule has 3 aromatic carbocycles. The van der Waals surface area contributed by atoms with E-state index in [0.29, 0.717) is 35.3 Å². The van der Waals surface area contributed by atoms with Gasteiger partial charge in [-0.15, -0.1) is 0 Å². The van der Waals surface area contributed by atoms with E-state index in [-0.39, 0.29) is 6.42 Å². The average Bonchev–Trinajstić information content (AvgIpc) is 2.89. The largest absolute Gasteiger partial charge is 0.367 e. The Kier molecular flexibility index (Phi) is 5.38. The van der Waals surface area contributed by atoms with E-state index in [1.54, 1.807) is 54.6 Å². The molecule has 0 aliphatic carbocycles. The van der Waals surface area contributed by atoms with Gasteiger partial charge < -0.3 is 4.90 Å². The SMILES string of the molecule is C[C@H]1CCN2c3cc(Cl)ccc3CC3(C(=O)N(c4ccccc4)C(=O)N(c4ccccc4)C3=O)[C@H]2C1. The number of anilines is 3. The second kappa shape index (κ2) is 8.49. The molecule has 0 radical (unpaired) electrons. The first-order chi connectivity index (χ1) is 17.4. The molecule has 36 heavy (non-hydrogen) atoms. The number of fused-ring (bicyclic) bond motifs is 4. The van der Waals surface area contributed by atoms with Crippen molar-refractivity contribution in [3.63, 3.8) is 0 Å². The van der Waals surface area contributed by atoms with Crippen molar-refractivity contribution in [1.29, 1.82) is 0 Å². The highest BCUT2D eigenvalue weighted by atomic mass is 35.5. The van der Waals surface area contributed by atoms with Crippen LogP contribution in [0.15, 0.2) is 78.9 Å². The predicted octanol–water partition coefficient (Wildman–Crippen LogP) is 5.69. The van der Waals surface area contributed by atoms with E-state index < -0.39 is 29.3 Å². The van der Waals surface area contributed by atoms with Gasteiger partial charge in [-0.05, 0) is 67.1 Å². The number of piperidine rings is 1. The van der Waals surface area contributed by atoms with Crippen LogP contribution in [0.2, 0.25) is 5.02 Å². The van der Waals surface area contributed by atoms with Crippen LogP contribution in [0.25, 0.3) is 0 Å². The summed E-state index contributed by atoms with van der Waals surface area (Å²) in [5.74, 6) is -0.585. The number of barbiturate groups is 1. The number of nitrogens with zero attached hydrogens (tertiary/aromatic N) is 3. The fourth-order valence-electron chi connectivity index (χ4n) is 6.08. The average molecular weight is 500 g/mol. The fraction of sp³-hybridized carbons (Fsp3) is 0.276. The zero-order valence-corrected chi connectivity index (χ0v) is 20.7. The quantitative estimate of drug-likeness (QED) is 0.425. The zero-order chi connectivity index (χ0) is 25.0. The molecule has 2 atom stereocenters. The summed E-state index contributed by atoms with van der Waals surface area (Å²) in [6, 6.07) is 22.4. The molecule has 6 rings (SSSR count). The molecule has 3 heterocycles. The summed E-state index contributed by atoms with van der Waals surface area (Å²) in [4.78, 5) is 47.5. The number of rotatable bonds is 2. The second-order valence-electron chi connectivity index (χ2n) is 9.99. The molecular formula is C29H26ClN3O3. The summed E-state index contributed by atoms with van der Waals surface area (Å²) >= 11 is 6.38. The maximum Gasteiger partial charge on any atom is 0.342 e. The van der Waals surface area contributed by atoms with Crippen molar-refractivity contribution in [2.75, 3.05) is 21.2 Å². The summed E-state index contributed by atoms with van der Waals surface area (Å²) in [5.41, 5.74) is 1.33. The van der Waals surface area contributed by atoms with Crippen molar-refractivity contribution in [2.24, 2.45) is 11.3 Å². The molecule has 0 saturated carbocycles. The lowest BCUT2D eigenvalue weighted by atomic mass is 9.64. The molecule has 2 saturated heterocycles. The maximum absolute atomic E-state index is 14.5. The van der Waals surface area contributed by atoms with Gasteiger partial charge >= 0.3 is 6.03 Å². The molecular weight excluding hydrogens is 474 g/mol. The molecule has 0 aromatic heterocycles. The van der Waals surface area contributed by atoms with E-state index >= 15 is 0 Å². The third kappa shape index (κ3) is 3.28. The van der Waals surface area contributed by atoms with E-state index in [1.807, 2.05) is 24.3 Å². The molecule has 1 spiro atoms. The van der Waals surface area contributed by atoms with Gasteiger partial charge in [0.1, 0.15) is 0 Å². The molecule has 0 N–H and O–H groups in total. The Hall–Kier alpha value is -3.64. The highest BCUT2D eigenvalue weighted by Crippen LogP contribution is 2.51. The summed E-state index contributed by atoms with van der Waals surface area (Å²) in [6.45, 7) is 2.87. The van der Waals surface area contributed by atoms with E-state index in [1.165, 1.54) is 9.80 Å². The van der Waals surface area contributed by atoms with E-state index in [0.717, 1.165) is 17.7 Å². The predicted molar refractivity (Wildman–Crippen MR) is 140 cm³/mol. The Bertz CT molecular complexity index is 1300. The molecule has 4 amide bonds. The van der Waals surface area contributed by atoms with Crippen LogP contribution in [0.1, 0.15) is 25.3 Å². The van der Waals surface area contributed by atoms with Crippen molar-refractivity contribution in [3.8, 4) is 0 Å². The Morgan fingerprint density at radius 3 is 2.00 bits per heavy atom. The first-order valence-electron chi connectivity index (χ1n) is 12.3. The normalized spacial score (nSPS) is 23.1. The molecule has 3 aliphatic heterocycles. The van der Waals surface area contributed by atoms with Crippen molar-refractivity contribution in [3.05, 3.63) is 89.4 Å². The third-order valence-corrected chi connectivity index (χ3v) is 8.08. The van der Waals surface area contributed by atoms with Gasteiger partial charge in [0.2, 0.25) is 0 Å². The number of benzene rings is 3. The minimum absolute atomic E-state index is 0.213. The van der Waals surface area contributed by atoms with Gasteiger partial charge in [0.05, 0.1) is 17.4 Å². The molecule has 2 fully saturated rings. The van der Waals surface area contributed by atoms with Crippen LogP contribution in [0.3, 0.4) is 0 Å². The zero-order valence-electron chi connectivity index (χ0n) is 19.9. The first kappa shape index (κ1) is 22.8. The Morgan fingerprint density at radius 2 is 1.42 bits per heavy atom. The van der Waals surface area contributed by atoms with Crippen LogP contribution in [-0.4, -0.2) is 30.4 Å². The van der Waals surface area contributed by atoms with Crippen LogP contribution < -0.4 is 14.7 Å². The van der Waals surface area contributed by atoms with Crippen LogP contribution in [0, 0.1) is 11.3 Å². The topological polar surface area (TPSA) is 60.9 Å². The Morgan fingerprint density at radius 1 is 0.833 bits per heavy atom. The summed E-state index contributed by atoms with van der Waals surface area (Å²) in [5, 5.41) is 0.621. The maximum atomic E-state index is 14.5. The Labute approximate surface area is 215 Å². The van der Waals surface area contributed by atoms with Crippen molar-refractivity contribution in [2.45, 2.75) is 32.2 Å². The van der Waals surface area contributed by atoms with Crippen LogP contribution in [0.4, 0.5) is 21.9 Å². The molecule has 0 unspecified atom stereocenters. The van der Waals surface area contributed by atoms with E-state index in [4.69, 9.17) is 11.6 Å². The van der Waals surface area contributed by atoms with Crippen LogP contribution >= 0.6 is 11.6 Å². The highest BCUT2D eigenvalue weighted by molar-refractivity contribution is 6.39. The summed E-state index contributed by atoms with van der Waals surface area (Å²) in [6.07, 6.45) is 1.83. The first-order valence-corrected chi connectivity index (χ1v) is 12.7. The van der Waals surface area contributed by atoms with Crippen molar-refractivity contribution < 1.29 is 14.4 Å². The number of carbonyl (C=O) groups excluding carboxylic acids is 3. The van der Waals surface area contributed by atoms with E-state index in [9.17, 15) is 14.4 Å². The van der Waals surface area contributed by atoms with Gasteiger partial charge in [0.25, 0.3) is 11.8 Å². The number of imide groups is 2. The van der Waals surface area contributed by atoms with Gasteiger partial charge in [-0.3, -0.25) is 9.59 Å². The number of halogens is 1. The standard InChI is InChI=1S/C29H26ClN3O3/c1-19-14-15-31-24-17-21(30)13-12-20(24)18-29(25(31)16-19)26(34)32(22-8-4-2-5-9-22)28(36)33(27(29)35)23-10-6-3-7-11-23/h2-13,17,19,25H,14-16,18H2,1H3/t19-,25+/m0/s1. The van der Waals surface area contributed by atoms with Crippen molar-refractivity contribution >= 4 is 46.5 Å². The van der Waals surface area contributed by atoms with E-state index in [2.05, 4.69) is 11.8 Å². The fourth-order valence-corrected chi connectivity index (χ4v) is 6.25. The van der Waals surface area contributed by atoms with Gasteiger partial charge in [-0.2, -0.15) is 0 Å². The van der Waals surface area contributed by atoms with Gasteiger partial charge in [0, 0.05) is 17.3 Å². The van der Waals surface area contributed by atoms with Gasteiger partial charge in [-0.1, -0.05) is 61.0 Å². The smallest absolute Gasteiger partial charge is 0.342 e. The molecule has 7 heteroatoms. The lowest BCUT2D eigenvalue weighted by Gasteiger charge is -2.56. The summed E-state index contributed by atoms with van der Waals surface area (Å²) < 4.78 is 0. The van der Waals surface area contributed by atoms with Crippen LogP contribution in [-0.2, 0) is 16.0 Å². The van der Waals surface area contributed by atoms with Gasteiger partial charge in [-0.25, -0.2) is 14.6 Å². The minimum Gasteiger partial charge on any atom is -0.367 e. The summed E-state index contributed by atoms with van der Waals surface area (Å²) in [7, 11) is 0. The molecule has 6 nitrogen and oxygen atoms in total. The molecule has 3 aliphatic rings. The molecule has 3 aromatic rings. The molecule has 0 bridgehead atoms. The second-order valence-corrected chi connectivity index (χ2v) is 10.4. The minimum atomic E-state index is -1.45. The number of carbonyl (C=O) groups is 3. The number of hydrogen-bond donors (Lipinski definition) is 0. The third-order valence-electron chi connectivity index (χ3n) is 7.84. The number of para-hydroxylation sites is 2. The highest BCUT2D eigenvalue weighted by Gasteiger charge is 2.65. The molecule has 182 valence electrons. The Balaban J connectivity index is 1.60. The van der Waals surface area contributed by atoms with Crippen molar-refractivity contribution in [1.82, 2.24) is 0 Å². The van der Waals surface area contributed by atoms with Gasteiger partial charge in [0.15, 0.2) is 5.41 Å². The van der Waals surface area contributed by atoms with Crippen LogP contribution in [0.5, 0.6) is 0 Å². The number of amides is 4. The lowest BCUT2D eigenvalue weighted by Crippen LogP contribution is -2.74. The monoisotopic (exact) mass is 499 g/mol. The number of urea groups is 1.